The summed E-state index contributed by atoms with van der Waals surface area (Å²) in [5.74, 6) is 1.66. The maximum atomic E-state index is 13.3. The van der Waals surface area contributed by atoms with Gasteiger partial charge in [0.2, 0.25) is 0 Å². The molecule has 2 aromatic heterocycles. The van der Waals surface area contributed by atoms with Crippen LogP contribution in [0.15, 0.2) is 48.7 Å². The van der Waals surface area contributed by atoms with Gasteiger partial charge in [0.25, 0.3) is 0 Å². The Hall–Kier alpha value is -3.55. The van der Waals surface area contributed by atoms with Gasteiger partial charge in [0.05, 0.1) is 35.0 Å². The van der Waals surface area contributed by atoms with Crippen LogP contribution in [0.2, 0.25) is 51.4 Å². The molecule has 2 aliphatic heterocycles. The van der Waals surface area contributed by atoms with Crippen LogP contribution in [-0.4, -0.2) is 94.7 Å². The van der Waals surface area contributed by atoms with E-state index < -0.39 is 27.3 Å². The van der Waals surface area contributed by atoms with Crippen LogP contribution < -0.4 is 0 Å². The first kappa shape index (κ1) is 55.8. The van der Waals surface area contributed by atoms with Crippen LogP contribution in [0, 0.1) is 0 Å². The topological polar surface area (TPSA) is 113 Å². The highest BCUT2D eigenvalue weighted by molar-refractivity contribution is 7.59. The lowest BCUT2D eigenvalue weighted by Crippen LogP contribution is -2.37. The third-order valence-corrected chi connectivity index (χ3v) is 14.6. The molecular weight excluding hydrogens is 889 g/mol. The molecule has 12 nitrogen and oxygen atoms in total. The molecule has 0 spiro atoms. The van der Waals surface area contributed by atoms with Crippen LogP contribution in [0.3, 0.4) is 0 Å². The smallest absolute Gasteiger partial charge is 0.410 e. The second-order valence-corrected chi connectivity index (χ2v) is 32.6. The maximum absolute atomic E-state index is 13.3. The molecule has 362 valence electrons. The fraction of sp³-hybridized carbons (Fsp3) is 0.592. The molecule has 0 bridgehead atoms. The molecule has 0 unspecified atom stereocenters. The van der Waals surface area contributed by atoms with E-state index in [0.29, 0.717) is 39.8 Å². The highest BCUT2D eigenvalue weighted by Gasteiger charge is 2.38. The minimum Gasteiger partial charge on any atom is -0.444 e. The second-order valence-electron chi connectivity index (χ2n) is 21.4. The summed E-state index contributed by atoms with van der Waals surface area (Å²) < 4.78 is 28.6. The fourth-order valence-electron chi connectivity index (χ4n) is 7.85. The molecule has 0 saturated carbocycles. The quantitative estimate of drug-likeness (QED) is 0.0657. The first-order valence-corrected chi connectivity index (χ1v) is 30.0. The molecule has 4 heterocycles. The van der Waals surface area contributed by atoms with E-state index >= 15 is 0 Å². The Labute approximate surface area is 405 Å². The van der Waals surface area contributed by atoms with E-state index in [1.54, 1.807) is 0 Å². The number of likely N-dealkylation sites (tertiary alicyclic amines) is 2. The number of benzene rings is 2. The average molecular weight is 970 g/mol. The van der Waals surface area contributed by atoms with Gasteiger partial charge in [-0.1, -0.05) is 89.2 Å². The van der Waals surface area contributed by atoms with E-state index in [1.165, 1.54) is 0 Å². The van der Waals surface area contributed by atoms with E-state index in [9.17, 15) is 9.59 Å². The third kappa shape index (κ3) is 15.5. The summed E-state index contributed by atoms with van der Waals surface area (Å²) in [6.07, 6.45) is 8.96. The monoisotopic (exact) mass is 969 g/mol. The van der Waals surface area contributed by atoms with Gasteiger partial charge in [0, 0.05) is 42.5 Å². The molecule has 2 aromatic carbocycles. The maximum Gasteiger partial charge on any atom is 0.410 e. The third-order valence-electron chi connectivity index (χ3n) is 11.2. The molecular formula is C49H80N6O6S2Si2. The van der Waals surface area contributed by atoms with Crippen molar-refractivity contribution in [3.63, 3.8) is 0 Å². The van der Waals surface area contributed by atoms with Crippen molar-refractivity contribution in [2.75, 3.05) is 26.3 Å². The molecule has 0 radical (unpaired) electrons. The minimum atomic E-state index is -1.28. The molecule has 0 N–H and O–H groups in total. The summed E-state index contributed by atoms with van der Waals surface area (Å²) in [7, 11) is -2.57. The molecule has 0 aliphatic carbocycles. The van der Waals surface area contributed by atoms with E-state index in [2.05, 4.69) is 103 Å². The van der Waals surface area contributed by atoms with E-state index in [-0.39, 0.29) is 58.7 Å². The predicted octanol–water partition coefficient (Wildman–Crippen LogP) is 12.7. The van der Waals surface area contributed by atoms with Gasteiger partial charge in [-0.05, 0) is 108 Å². The van der Waals surface area contributed by atoms with Gasteiger partial charge >= 0.3 is 12.2 Å². The Kier molecular flexibility index (Phi) is 19.7. The molecule has 2 aliphatic rings. The van der Waals surface area contributed by atoms with Crippen LogP contribution in [0.25, 0.3) is 34.4 Å². The van der Waals surface area contributed by atoms with Gasteiger partial charge in [-0.3, -0.25) is 9.80 Å². The van der Waals surface area contributed by atoms with Gasteiger partial charge in [-0.2, -0.15) is 27.0 Å². The molecule has 65 heavy (non-hydrogen) atoms. The van der Waals surface area contributed by atoms with Crippen molar-refractivity contribution >= 4 is 78.5 Å². The highest BCUT2D eigenvalue weighted by Crippen LogP contribution is 2.37. The fourth-order valence-corrected chi connectivity index (χ4v) is 9.36. The largest absolute Gasteiger partial charge is 0.444 e. The number of carbonyl (C=O) groups is 2. The van der Waals surface area contributed by atoms with Gasteiger partial charge in [-0.25, -0.2) is 19.6 Å². The Bertz CT molecular complexity index is 2200. The summed E-state index contributed by atoms with van der Waals surface area (Å²) in [6, 6.07) is 16.6. The first-order valence-electron chi connectivity index (χ1n) is 22.5. The summed E-state index contributed by atoms with van der Waals surface area (Å²) >= 11 is 0. The van der Waals surface area contributed by atoms with Crippen LogP contribution >= 0.6 is 27.0 Å². The Morgan fingerprint density at radius 1 is 0.692 bits per heavy atom. The molecule has 2 fully saturated rings. The Balaban J connectivity index is 0.00000374. The molecule has 4 aromatic rings. The number of hydrogen-bond donors (Lipinski definition) is 0. The van der Waals surface area contributed by atoms with Gasteiger partial charge in [0.15, 0.2) is 0 Å². The summed E-state index contributed by atoms with van der Waals surface area (Å²) in [4.78, 5) is 40.4. The highest BCUT2D eigenvalue weighted by atomic mass is 32.1. The van der Waals surface area contributed by atoms with Crippen molar-refractivity contribution < 1.29 is 28.5 Å². The number of rotatable bonds is 15. The number of imidazole rings is 2. The molecule has 2 atom stereocenters. The second kappa shape index (κ2) is 23.0. The molecule has 2 amide bonds. The summed E-state index contributed by atoms with van der Waals surface area (Å²) in [5.41, 5.74) is 4.76. The van der Waals surface area contributed by atoms with Crippen molar-refractivity contribution in [1.82, 2.24) is 28.9 Å². The number of aromatic nitrogens is 4. The van der Waals surface area contributed by atoms with Crippen molar-refractivity contribution in [3.8, 4) is 11.3 Å². The van der Waals surface area contributed by atoms with E-state index in [1.807, 2.05) is 57.5 Å². The zero-order valence-electron chi connectivity index (χ0n) is 40.5. The van der Waals surface area contributed by atoms with Gasteiger partial charge < -0.3 is 28.1 Å². The van der Waals surface area contributed by atoms with Crippen molar-refractivity contribution in [1.29, 1.82) is 0 Å². The average Bonchev–Trinajstić information content (AvgIpc) is 3.98. The lowest BCUT2D eigenvalue weighted by atomic mass is 10.1. The standard InChI is InChI=1S/C48H72N6O6Si2.CH4.2H2S/c1-47(2,3)59-45(55)51-25-13-15-39(51)43-49-32-42(54(43)34-58-28-30-62(10,11)12)37-22-19-35(20-23-37)17-18-36-21-24-38-41(31-36)53(33-57-27-29-61(7,8)9)44(50-38)40-16-14-26-52(40)46(56)60-48(4,5)6;;;/h17-24,31-32,39-40H,13-16,25-30,33-34H2,1-12H3;1H4;2*1H2/b18-17+;;;/t39-,40-;;;/m0.../s1. The van der Waals surface area contributed by atoms with E-state index in [4.69, 9.17) is 28.9 Å². The number of ether oxygens (including phenoxy) is 4. The lowest BCUT2D eigenvalue weighted by Gasteiger charge is -2.29. The van der Waals surface area contributed by atoms with Crippen LogP contribution in [0.4, 0.5) is 9.59 Å². The molecule has 2 saturated heterocycles. The number of fused-ring (bicyclic) bond motifs is 1. The van der Waals surface area contributed by atoms with Crippen LogP contribution in [0.5, 0.6) is 0 Å². The molecule has 6 rings (SSSR count). The SMILES string of the molecule is C.CC(C)(C)OC(=O)N1CCC[C@H]1c1ncc(-c2ccc(/C=C/c3ccc4nc([C@@H]5CCCN5C(=O)OC(C)(C)C)n(COCC[Si](C)(C)C)c4c3)cc2)n1COCC[Si](C)(C)C.S.S. The molecule has 16 heteroatoms. The first-order chi connectivity index (χ1) is 29.1. The van der Waals surface area contributed by atoms with Crippen molar-refractivity contribution in [3.05, 3.63) is 71.4 Å². The Morgan fingerprint density at radius 3 is 1.68 bits per heavy atom. The minimum absolute atomic E-state index is 0. The zero-order chi connectivity index (χ0) is 45.0. The number of amides is 2. The van der Waals surface area contributed by atoms with E-state index in [0.717, 1.165) is 82.8 Å². The zero-order valence-corrected chi connectivity index (χ0v) is 44.5. The van der Waals surface area contributed by atoms with Crippen LogP contribution in [0.1, 0.15) is 110 Å². The van der Waals surface area contributed by atoms with Crippen molar-refractivity contribution in [2.45, 2.75) is 163 Å². The number of hydrogen-bond acceptors (Lipinski definition) is 8. The summed E-state index contributed by atoms with van der Waals surface area (Å²) in [5, 5.41) is 0. The van der Waals surface area contributed by atoms with Crippen molar-refractivity contribution in [2.24, 2.45) is 0 Å². The van der Waals surface area contributed by atoms with Crippen LogP contribution in [-0.2, 0) is 32.4 Å². The summed E-state index contributed by atoms with van der Waals surface area (Å²) in [6.45, 7) is 28.9. The lowest BCUT2D eigenvalue weighted by molar-refractivity contribution is 0.0195. The predicted molar refractivity (Wildman–Crippen MR) is 282 cm³/mol. The van der Waals surface area contributed by atoms with Gasteiger partial charge in [-0.15, -0.1) is 0 Å². The number of nitrogens with zero attached hydrogens (tertiary/aromatic N) is 6. The van der Waals surface area contributed by atoms with Gasteiger partial charge in [0.1, 0.15) is 36.3 Å². The Morgan fingerprint density at radius 2 is 1.17 bits per heavy atom. The normalized spacial score (nSPS) is 17.0. The number of carbonyl (C=O) groups excluding carboxylic acids is 2.